The molecule has 0 bridgehead atoms. The Morgan fingerprint density at radius 3 is 2.48 bits per heavy atom. The molecule has 5 nitrogen and oxygen atoms in total. The van der Waals surface area contributed by atoms with Crippen LogP contribution in [0.3, 0.4) is 0 Å². The zero-order chi connectivity index (χ0) is 17.6. The van der Waals surface area contributed by atoms with E-state index in [1.165, 1.54) is 16.9 Å². The van der Waals surface area contributed by atoms with Crippen LogP contribution in [0.1, 0.15) is 15.9 Å². The number of aryl methyl sites for hydroxylation is 1. The van der Waals surface area contributed by atoms with Crippen LogP contribution in [0, 0.1) is 6.92 Å². The molecule has 1 aromatic heterocycles. The van der Waals surface area contributed by atoms with Crippen molar-refractivity contribution in [3.63, 3.8) is 0 Å². The third-order valence-electron chi connectivity index (χ3n) is 3.40. The van der Waals surface area contributed by atoms with E-state index in [2.05, 4.69) is 21.2 Å². The van der Waals surface area contributed by atoms with Gasteiger partial charge in [-0.15, -0.1) is 11.3 Å². The van der Waals surface area contributed by atoms with Gasteiger partial charge >= 0.3 is 0 Å². The van der Waals surface area contributed by atoms with Crippen molar-refractivity contribution < 1.29 is 4.79 Å². The Morgan fingerprint density at radius 2 is 1.76 bits per heavy atom. The van der Waals surface area contributed by atoms with E-state index in [-0.39, 0.29) is 11.0 Å². The number of thiocarbonyl (C=S) groups is 1. The van der Waals surface area contributed by atoms with Crippen molar-refractivity contribution in [1.82, 2.24) is 15.8 Å². The second-order valence-electron chi connectivity index (χ2n) is 5.30. The van der Waals surface area contributed by atoms with Crippen LogP contribution in [0.2, 0.25) is 0 Å². The molecular weight excluding hydrogens is 352 g/mol. The smallest absolute Gasteiger partial charge is 0.269 e. The molecule has 25 heavy (non-hydrogen) atoms. The summed E-state index contributed by atoms with van der Waals surface area (Å²) < 4.78 is 0. The predicted molar refractivity (Wildman–Crippen MR) is 106 cm³/mol. The van der Waals surface area contributed by atoms with Gasteiger partial charge in [-0.2, -0.15) is 0 Å². The zero-order valence-electron chi connectivity index (χ0n) is 13.4. The van der Waals surface area contributed by atoms with Crippen molar-refractivity contribution in [2.75, 3.05) is 5.32 Å². The lowest BCUT2D eigenvalue weighted by Crippen LogP contribution is -2.43. The number of amides is 1. The van der Waals surface area contributed by atoms with Crippen LogP contribution in [0.15, 0.2) is 60.0 Å². The number of anilines is 1. The van der Waals surface area contributed by atoms with E-state index in [1.54, 1.807) is 24.3 Å². The lowest BCUT2D eigenvalue weighted by Gasteiger charge is -2.09. The second-order valence-corrected chi connectivity index (χ2v) is 6.57. The van der Waals surface area contributed by atoms with Crippen LogP contribution in [0.25, 0.3) is 11.3 Å². The first-order valence-corrected chi connectivity index (χ1v) is 8.85. The molecule has 0 fully saturated rings. The van der Waals surface area contributed by atoms with E-state index in [9.17, 15) is 4.79 Å². The van der Waals surface area contributed by atoms with E-state index in [0.29, 0.717) is 10.7 Å². The predicted octanol–water partition coefficient (Wildman–Crippen LogP) is 3.75. The Morgan fingerprint density at radius 1 is 1.04 bits per heavy atom. The summed E-state index contributed by atoms with van der Waals surface area (Å²) in [7, 11) is 0. The van der Waals surface area contributed by atoms with Crippen LogP contribution in [0.5, 0.6) is 0 Å². The van der Waals surface area contributed by atoms with Gasteiger partial charge in [-0.1, -0.05) is 48.0 Å². The van der Waals surface area contributed by atoms with Crippen molar-refractivity contribution in [2.24, 2.45) is 0 Å². The summed E-state index contributed by atoms with van der Waals surface area (Å²) in [5, 5.41) is 5.85. The molecule has 2 aromatic carbocycles. The van der Waals surface area contributed by atoms with Gasteiger partial charge < -0.3 is 5.32 Å². The molecule has 0 atom stereocenters. The zero-order valence-corrected chi connectivity index (χ0v) is 15.1. The summed E-state index contributed by atoms with van der Waals surface area (Å²) in [4.78, 5) is 16.4. The second kappa shape index (κ2) is 7.87. The molecule has 0 aliphatic heterocycles. The summed E-state index contributed by atoms with van der Waals surface area (Å²) in [5.41, 5.74) is 8.90. The summed E-state index contributed by atoms with van der Waals surface area (Å²) in [6, 6.07) is 17.1. The summed E-state index contributed by atoms with van der Waals surface area (Å²) in [6.45, 7) is 2.05. The highest BCUT2D eigenvalue weighted by atomic mass is 32.1. The molecule has 0 unspecified atom stereocenters. The molecule has 1 heterocycles. The van der Waals surface area contributed by atoms with E-state index in [0.717, 1.165) is 11.3 Å². The number of nitrogens with zero attached hydrogens (tertiary/aromatic N) is 1. The average molecular weight is 368 g/mol. The maximum Gasteiger partial charge on any atom is 0.269 e. The number of hydrogen-bond acceptors (Lipinski definition) is 4. The lowest BCUT2D eigenvalue weighted by molar-refractivity contribution is 0.0944. The minimum atomic E-state index is -0.260. The molecule has 126 valence electrons. The highest BCUT2D eigenvalue weighted by Gasteiger charge is 2.08. The highest BCUT2D eigenvalue weighted by Crippen LogP contribution is 2.24. The monoisotopic (exact) mass is 368 g/mol. The van der Waals surface area contributed by atoms with Gasteiger partial charge in [0.1, 0.15) is 0 Å². The van der Waals surface area contributed by atoms with Crippen molar-refractivity contribution >= 4 is 39.7 Å². The van der Waals surface area contributed by atoms with E-state index >= 15 is 0 Å². The van der Waals surface area contributed by atoms with Crippen molar-refractivity contribution in [3.05, 3.63) is 71.1 Å². The third kappa shape index (κ3) is 4.62. The van der Waals surface area contributed by atoms with E-state index in [1.807, 2.05) is 42.6 Å². The van der Waals surface area contributed by atoms with Gasteiger partial charge in [-0.05, 0) is 31.3 Å². The van der Waals surface area contributed by atoms with Gasteiger partial charge in [-0.3, -0.25) is 15.6 Å². The number of rotatable bonds is 3. The fourth-order valence-corrected chi connectivity index (χ4v) is 3.03. The van der Waals surface area contributed by atoms with Crippen LogP contribution in [-0.2, 0) is 0 Å². The topological polar surface area (TPSA) is 66.0 Å². The van der Waals surface area contributed by atoms with Crippen LogP contribution in [0.4, 0.5) is 5.13 Å². The quantitative estimate of drug-likeness (QED) is 0.485. The number of carbonyl (C=O) groups is 1. The average Bonchev–Trinajstić information content (AvgIpc) is 3.09. The SMILES string of the molecule is Cc1ccc(-c2csc(NC(=S)NNC(=O)c3ccccc3)n2)cc1. The summed E-state index contributed by atoms with van der Waals surface area (Å²) in [6.07, 6.45) is 0. The number of hydrazine groups is 1. The molecule has 1 amide bonds. The molecule has 7 heteroatoms. The van der Waals surface area contributed by atoms with Crippen molar-refractivity contribution in [3.8, 4) is 11.3 Å². The first kappa shape index (κ1) is 17.1. The summed E-state index contributed by atoms with van der Waals surface area (Å²) in [5.74, 6) is -0.260. The molecule has 3 rings (SSSR count). The normalized spacial score (nSPS) is 10.1. The molecular formula is C18H16N4OS2. The first-order chi connectivity index (χ1) is 12.1. The first-order valence-electron chi connectivity index (χ1n) is 7.57. The maximum atomic E-state index is 11.9. The number of thiazole rings is 1. The van der Waals surface area contributed by atoms with Crippen molar-refractivity contribution in [1.29, 1.82) is 0 Å². The van der Waals surface area contributed by atoms with Gasteiger partial charge in [-0.25, -0.2) is 4.98 Å². The lowest BCUT2D eigenvalue weighted by atomic mass is 10.1. The Hall–Kier alpha value is -2.77. The number of benzene rings is 2. The Balaban J connectivity index is 1.55. The minimum absolute atomic E-state index is 0.260. The fourth-order valence-electron chi connectivity index (χ4n) is 2.09. The van der Waals surface area contributed by atoms with Gasteiger partial charge in [0, 0.05) is 16.5 Å². The van der Waals surface area contributed by atoms with E-state index < -0.39 is 0 Å². The third-order valence-corrected chi connectivity index (χ3v) is 4.36. The molecule has 0 saturated carbocycles. The number of nitrogens with one attached hydrogen (secondary N) is 3. The summed E-state index contributed by atoms with van der Waals surface area (Å²) >= 11 is 6.62. The van der Waals surface area contributed by atoms with Gasteiger partial charge in [0.2, 0.25) is 0 Å². The number of carbonyl (C=O) groups excluding carboxylic acids is 1. The van der Waals surface area contributed by atoms with Crippen LogP contribution in [-0.4, -0.2) is 16.0 Å². The van der Waals surface area contributed by atoms with E-state index in [4.69, 9.17) is 12.2 Å². The van der Waals surface area contributed by atoms with Crippen molar-refractivity contribution in [2.45, 2.75) is 6.92 Å². The Bertz CT molecular complexity index is 876. The molecule has 0 saturated heterocycles. The number of hydrogen-bond donors (Lipinski definition) is 3. The Kier molecular flexibility index (Phi) is 5.37. The van der Waals surface area contributed by atoms with Gasteiger partial charge in [0.15, 0.2) is 10.2 Å². The largest absolute Gasteiger partial charge is 0.307 e. The molecule has 3 aromatic rings. The highest BCUT2D eigenvalue weighted by molar-refractivity contribution is 7.80. The fraction of sp³-hybridized carbons (Fsp3) is 0.0556. The molecule has 0 aliphatic carbocycles. The molecule has 0 spiro atoms. The van der Waals surface area contributed by atoms with Gasteiger partial charge in [0.05, 0.1) is 5.69 Å². The molecule has 0 aliphatic rings. The standard InChI is InChI=1S/C18H16N4OS2/c1-12-7-9-13(10-8-12)15-11-25-18(19-15)20-17(24)22-21-16(23)14-5-3-2-4-6-14/h2-11H,1H3,(H,21,23)(H2,19,20,22,24). The minimum Gasteiger partial charge on any atom is -0.307 e. The van der Waals surface area contributed by atoms with Crippen LogP contribution < -0.4 is 16.2 Å². The molecule has 0 radical (unpaired) electrons. The van der Waals surface area contributed by atoms with Gasteiger partial charge in [0.25, 0.3) is 5.91 Å². The maximum absolute atomic E-state index is 11.9. The molecule has 3 N–H and O–H groups in total. The Labute approximate surface area is 155 Å². The van der Waals surface area contributed by atoms with Crippen LogP contribution >= 0.6 is 23.6 Å². The number of aromatic nitrogens is 1.